The van der Waals surface area contributed by atoms with Crippen LogP contribution >= 0.6 is 0 Å². The molecule has 10 nitrogen and oxygen atoms in total. The van der Waals surface area contributed by atoms with Gasteiger partial charge in [0.25, 0.3) is 8.32 Å². The van der Waals surface area contributed by atoms with Crippen molar-refractivity contribution >= 4 is 37.8 Å². The van der Waals surface area contributed by atoms with Gasteiger partial charge >= 0.3 is 12.1 Å². The van der Waals surface area contributed by atoms with Crippen molar-refractivity contribution in [2.45, 2.75) is 104 Å². The second kappa shape index (κ2) is 15.7. The summed E-state index contributed by atoms with van der Waals surface area (Å²) in [6.07, 6.45) is -0.408. The number of carbonyl (C=O) groups excluding carboxylic acids is 4. The lowest BCUT2D eigenvalue weighted by molar-refractivity contribution is -0.147. The maximum atomic E-state index is 13.4. The topological polar surface area (TPSA) is 112 Å². The molecule has 1 aliphatic rings. The molecule has 0 N–H and O–H groups in total. The summed E-state index contributed by atoms with van der Waals surface area (Å²) in [5.41, 5.74) is 2.84. The number of fused-ring (bicyclic) bond motifs is 1. The molecule has 11 heteroatoms. The van der Waals surface area contributed by atoms with E-state index in [-0.39, 0.29) is 42.7 Å². The second-order valence-corrected chi connectivity index (χ2v) is 20.2. The van der Waals surface area contributed by atoms with Crippen LogP contribution in [0.4, 0.5) is 10.5 Å². The highest BCUT2D eigenvalue weighted by atomic mass is 28.4. The number of amides is 2. The Balaban J connectivity index is 1.64. The predicted octanol–water partition coefficient (Wildman–Crippen LogP) is 8.11. The van der Waals surface area contributed by atoms with Crippen molar-refractivity contribution in [3.8, 4) is 11.5 Å². The molecule has 3 aromatic rings. The number of carbonyl (C=O) groups is 4. The molecule has 1 aliphatic heterocycles. The lowest BCUT2D eigenvalue weighted by atomic mass is 9.93. The van der Waals surface area contributed by atoms with E-state index >= 15 is 0 Å². The van der Waals surface area contributed by atoms with Gasteiger partial charge in [0.2, 0.25) is 5.91 Å². The normalized spacial score (nSPS) is 14.6. The molecule has 0 spiro atoms. The Morgan fingerprint density at radius 1 is 0.902 bits per heavy atom. The molecule has 0 saturated carbocycles. The highest BCUT2D eigenvalue weighted by Crippen LogP contribution is 2.43. The van der Waals surface area contributed by atoms with Crippen LogP contribution in [0.5, 0.6) is 11.5 Å². The summed E-state index contributed by atoms with van der Waals surface area (Å²) < 4.78 is 23.5. The third-order valence-corrected chi connectivity index (χ3v) is 13.7. The molecular formula is C40H52N2O8Si. The molecule has 0 aliphatic carbocycles. The van der Waals surface area contributed by atoms with Crippen LogP contribution in [0.2, 0.25) is 18.1 Å². The van der Waals surface area contributed by atoms with Crippen LogP contribution in [0.3, 0.4) is 0 Å². The van der Waals surface area contributed by atoms with Gasteiger partial charge in [-0.2, -0.15) is 0 Å². The number of hydrogen-bond acceptors (Lipinski definition) is 8. The van der Waals surface area contributed by atoms with Crippen molar-refractivity contribution in [2.75, 3.05) is 18.6 Å². The number of rotatable bonds is 11. The lowest BCUT2D eigenvalue weighted by Gasteiger charge is -2.40. The average Bonchev–Trinajstić information content (AvgIpc) is 3.05. The standard InChI is InChI=1S/C40H52N2O8Si/c1-27(43)41(21-20-35(44)29-16-18-32(19-17-29)48-26-28-14-12-11-13-15-28)33-22-30-23-34(37(45)47-8)42(38(46)49-39(2,3)4)25-31(30)24-36(33)50-51(9,10)40(5,6)7/h11-19,22,24,34H,20-21,23,25-26H2,1-10H3/t34-/m0/s1. The third kappa shape index (κ3) is 10.00. The molecule has 0 aromatic heterocycles. The number of Topliss-reactive ketones (excluding diaryl/α,β-unsaturated/α-hetero) is 1. The molecule has 0 radical (unpaired) electrons. The fraction of sp³-hybridized carbons (Fsp3) is 0.450. The van der Waals surface area contributed by atoms with Crippen LogP contribution < -0.4 is 14.1 Å². The Labute approximate surface area is 303 Å². The zero-order valence-electron chi connectivity index (χ0n) is 31.6. The Hall–Kier alpha value is -4.64. The van der Waals surface area contributed by atoms with E-state index < -0.39 is 32.0 Å². The van der Waals surface area contributed by atoms with Crippen LogP contribution in [0.25, 0.3) is 0 Å². The van der Waals surface area contributed by atoms with Gasteiger partial charge in [0, 0.05) is 31.9 Å². The number of ketones is 1. The third-order valence-electron chi connectivity index (χ3n) is 9.34. The van der Waals surface area contributed by atoms with Crippen LogP contribution in [-0.2, 0) is 38.6 Å². The molecule has 1 atom stereocenters. The molecule has 4 rings (SSSR count). The first kappa shape index (κ1) is 39.1. The van der Waals surface area contributed by atoms with E-state index in [1.54, 1.807) is 49.9 Å². The SMILES string of the molecule is COC(=O)[C@@H]1Cc2cc(N(CCC(=O)c3ccc(OCc4ccccc4)cc3)C(C)=O)c(O[Si](C)(C)C(C)(C)C)cc2CN1C(=O)OC(C)(C)C. The zero-order chi connectivity index (χ0) is 37.7. The molecule has 274 valence electrons. The minimum atomic E-state index is -2.44. The number of benzene rings is 3. The molecule has 0 unspecified atom stereocenters. The van der Waals surface area contributed by atoms with Crippen molar-refractivity contribution in [2.24, 2.45) is 0 Å². The Morgan fingerprint density at radius 2 is 1.55 bits per heavy atom. The van der Waals surface area contributed by atoms with Gasteiger partial charge in [0.05, 0.1) is 19.3 Å². The van der Waals surface area contributed by atoms with E-state index in [9.17, 15) is 19.2 Å². The van der Waals surface area contributed by atoms with Gasteiger partial charge in [-0.05, 0) is 92.0 Å². The Kier molecular flexibility index (Phi) is 12.1. The van der Waals surface area contributed by atoms with Crippen molar-refractivity contribution in [3.05, 3.63) is 89.0 Å². The number of methoxy groups -OCH3 is 1. The van der Waals surface area contributed by atoms with Crippen molar-refractivity contribution < 1.29 is 37.8 Å². The fourth-order valence-corrected chi connectivity index (χ4v) is 6.49. The smallest absolute Gasteiger partial charge is 0.411 e. The van der Waals surface area contributed by atoms with Crippen LogP contribution in [0, 0.1) is 0 Å². The highest BCUT2D eigenvalue weighted by Gasteiger charge is 2.42. The minimum Gasteiger partial charge on any atom is -0.542 e. The number of anilines is 1. The summed E-state index contributed by atoms with van der Waals surface area (Å²) in [5, 5.41) is -0.160. The Morgan fingerprint density at radius 3 is 2.12 bits per heavy atom. The molecule has 3 aromatic carbocycles. The quantitative estimate of drug-likeness (QED) is 0.111. The molecular weight excluding hydrogens is 665 g/mol. The van der Waals surface area contributed by atoms with Crippen molar-refractivity contribution in [3.63, 3.8) is 0 Å². The van der Waals surface area contributed by atoms with E-state index in [4.69, 9.17) is 18.6 Å². The van der Waals surface area contributed by atoms with Gasteiger partial charge in [0.15, 0.2) is 5.78 Å². The van der Waals surface area contributed by atoms with Crippen LogP contribution in [0.15, 0.2) is 66.7 Å². The number of esters is 1. The molecule has 0 saturated heterocycles. The predicted molar refractivity (Wildman–Crippen MR) is 200 cm³/mol. The van der Waals surface area contributed by atoms with Gasteiger partial charge in [0.1, 0.15) is 29.7 Å². The fourth-order valence-electron chi connectivity index (χ4n) is 5.47. The number of ether oxygens (including phenoxy) is 3. The van der Waals surface area contributed by atoms with E-state index in [1.807, 2.05) is 42.5 Å². The molecule has 51 heavy (non-hydrogen) atoms. The molecule has 1 heterocycles. The summed E-state index contributed by atoms with van der Waals surface area (Å²) in [5.74, 6) is 0.184. The maximum Gasteiger partial charge on any atom is 0.411 e. The van der Waals surface area contributed by atoms with E-state index in [0.717, 1.165) is 16.7 Å². The van der Waals surface area contributed by atoms with Gasteiger partial charge in [-0.1, -0.05) is 51.1 Å². The first-order chi connectivity index (χ1) is 23.8. The summed E-state index contributed by atoms with van der Waals surface area (Å²) in [7, 11) is -1.15. The van der Waals surface area contributed by atoms with Crippen LogP contribution in [0.1, 0.15) is 81.9 Å². The van der Waals surface area contributed by atoms with E-state index in [2.05, 4.69) is 33.9 Å². The summed E-state index contributed by atoms with van der Waals surface area (Å²) >= 11 is 0. The van der Waals surface area contributed by atoms with Gasteiger partial charge in [-0.25, -0.2) is 9.59 Å². The summed E-state index contributed by atoms with van der Waals surface area (Å²) in [6, 6.07) is 19.6. The molecule has 2 amide bonds. The van der Waals surface area contributed by atoms with Gasteiger partial charge in [-0.3, -0.25) is 14.5 Å². The lowest BCUT2D eigenvalue weighted by Crippen LogP contribution is -2.50. The van der Waals surface area contributed by atoms with Gasteiger partial charge in [-0.15, -0.1) is 0 Å². The average molecular weight is 717 g/mol. The van der Waals surface area contributed by atoms with Gasteiger partial charge < -0.3 is 23.5 Å². The van der Waals surface area contributed by atoms with E-state index in [1.165, 1.54) is 18.9 Å². The van der Waals surface area contributed by atoms with Crippen molar-refractivity contribution in [1.82, 2.24) is 4.90 Å². The highest BCUT2D eigenvalue weighted by molar-refractivity contribution is 6.74. The number of nitrogens with zero attached hydrogens (tertiary/aromatic N) is 2. The molecule has 0 bridgehead atoms. The minimum absolute atomic E-state index is 0.0671. The first-order valence-electron chi connectivity index (χ1n) is 17.3. The maximum absolute atomic E-state index is 13.4. The second-order valence-electron chi connectivity index (χ2n) is 15.4. The molecule has 0 fully saturated rings. The Bertz CT molecular complexity index is 1730. The summed E-state index contributed by atoms with van der Waals surface area (Å²) in [6.45, 7) is 18.0. The zero-order valence-corrected chi connectivity index (χ0v) is 32.6. The largest absolute Gasteiger partial charge is 0.542 e. The van der Waals surface area contributed by atoms with E-state index in [0.29, 0.717) is 29.4 Å². The van der Waals surface area contributed by atoms with Crippen molar-refractivity contribution in [1.29, 1.82) is 0 Å². The number of hydrogen-bond donors (Lipinski definition) is 0. The summed E-state index contributed by atoms with van der Waals surface area (Å²) in [4.78, 5) is 56.0. The monoisotopic (exact) mass is 716 g/mol. The first-order valence-corrected chi connectivity index (χ1v) is 20.2. The van der Waals surface area contributed by atoms with Crippen LogP contribution in [-0.4, -0.2) is 62.3 Å².